The molecule has 0 aromatic carbocycles. The molecule has 0 aliphatic carbocycles. The van der Waals surface area contributed by atoms with Crippen molar-refractivity contribution in [1.82, 2.24) is 14.9 Å². The van der Waals surface area contributed by atoms with E-state index in [-0.39, 0.29) is 0 Å². The second-order valence-electron chi connectivity index (χ2n) is 5.30. The largest absolute Gasteiger partial charge is 0.396 e. The summed E-state index contributed by atoms with van der Waals surface area (Å²) in [6.07, 6.45) is 4.62. The Bertz CT molecular complexity index is 402. The summed E-state index contributed by atoms with van der Waals surface area (Å²) in [6, 6.07) is 1.88. The lowest BCUT2D eigenvalue weighted by molar-refractivity contribution is 0.190. The maximum Gasteiger partial charge on any atom is 0.225 e. The van der Waals surface area contributed by atoms with Crippen LogP contribution in [0.2, 0.25) is 0 Å². The molecule has 1 aromatic rings. The Kier molecular flexibility index (Phi) is 2.43. The predicted octanol–water partition coefficient (Wildman–Crippen LogP) is 0.730. The fourth-order valence-corrected chi connectivity index (χ4v) is 3.05. The van der Waals surface area contributed by atoms with Crippen molar-refractivity contribution in [3.05, 3.63) is 12.4 Å². The summed E-state index contributed by atoms with van der Waals surface area (Å²) >= 11 is 0. The number of likely N-dealkylation sites (tertiary alicyclic amines) is 1. The van der Waals surface area contributed by atoms with E-state index in [4.69, 9.17) is 5.73 Å². The number of nitrogens with two attached hydrogens (primary N) is 1. The van der Waals surface area contributed by atoms with Crippen molar-refractivity contribution in [3.63, 3.8) is 0 Å². The molecular formula is C12H19N5. The van der Waals surface area contributed by atoms with Gasteiger partial charge in [-0.05, 0) is 20.3 Å². The lowest BCUT2D eigenvalue weighted by Gasteiger charge is -2.36. The van der Waals surface area contributed by atoms with E-state index >= 15 is 0 Å². The summed E-state index contributed by atoms with van der Waals surface area (Å²) in [4.78, 5) is 13.5. The van der Waals surface area contributed by atoms with Gasteiger partial charge in [0.2, 0.25) is 5.95 Å². The van der Waals surface area contributed by atoms with Gasteiger partial charge in [0.15, 0.2) is 0 Å². The van der Waals surface area contributed by atoms with Gasteiger partial charge in [-0.2, -0.15) is 0 Å². The van der Waals surface area contributed by atoms with Crippen LogP contribution < -0.4 is 10.6 Å². The van der Waals surface area contributed by atoms with Crippen molar-refractivity contribution < 1.29 is 0 Å². The van der Waals surface area contributed by atoms with Crippen LogP contribution in [0, 0.1) is 0 Å². The minimum atomic E-state index is 0.575. The number of anilines is 2. The summed E-state index contributed by atoms with van der Waals surface area (Å²) in [5.41, 5.74) is 6.24. The molecule has 3 heterocycles. The second-order valence-corrected chi connectivity index (χ2v) is 5.30. The first-order valence-corrected chi connectivity index (χ1v) is 6.25. The van der Waals surface area contributed by atoms with Gasteiger partial charge in [-0.1, -0.05) is 0 Å². The Morgan fingerprint density at radius 2 is 1.94 bits per heavy atom. The van der Waals surface area contributed by atoms with E-state index < -0.39 is 0 Å². The number of piperazine rings is 1. The van der Waals surface area contributed by atoms with Gasteiger partial charge in [-0.15, -0.1) is 0 Å². The molecule has 17 heavy (non-hydrogen) atoms. The lowest BCUT2D eigenvalue weighted by Crippen LogP contribution is -2.49. The van der Waals surface area contributed by atoms with Crippen LogP contribution >= 0.6 is 0 Å². The van der Waals surface area contributed by atoms with Crippen LogP contribution in [-0.4, -0.2) is 46.1 Å². The molecule has 3 rings (SSSR count). The molecule has 0 unspecified atom stereocenters. The van der Waals surface area contributed by atoms with Crippen LogP contribution in [0.1, 0.15) is 20.3 Å². The predicted molar refractivity (Wildman–Crippen MR) is 67.8 cm³/mol. The lowest BCUT2D eigenvalue weighted by atomic mass is 10.2. The van der Waals surface area contributed by atoms with E-state index in [9.17, 15) is 0 Å². The van der Waals surface area contributed by atoms with E-state index in [1.54, 1.807) is 12.4 Å². The van der Waals surface area contributed by atoms with Crippen molar-refractivity contribution in [1.29, 1.82) is 0 Å². The molecule has 5 nitrogen and oxygen atoms in total. The third-order valence-electron chi connectivity index (χ3n) is 3.86. The van der Waals surface area contributed by atoms with Gasteiger partial charge in [0.05, 0.1) is 18.1 Å². The zero-order valence-corrected chi connectivity index (χ0v) is 10.4. The molecule has 2 aliphatic rings. The van der Waals surface area contributed by atoms with Crippen molar-refractivity contribution in [2.24, 2.45) is 0 Å². The molecular weight excluding hydrogens is 214 g/mol. The number of nitrogens with zero attached hydrogens (tertiary/aromatic N) is 4. The molecule has 0 spiro atoms. The number of rotatable bonds is 2. The Balaban J connectivity index is 1.76. The highest BCUT2D eigenvalue weighted by Crippen LogP contribution is 2.33. The van der Waals surface area contributed by atoms with Crippen LogP contribution in [-0.2, 0) is 0 Å². The summed E-state index contributed by atoms with van der Waals surface area (Å²) in [7, 11) is 0. The molecule has 2 fully saturated rings. The molecule has 2 N–H and O–H groups in total. The Hall–Kier alpha value is -1.36. The van der Waals surface area contributed by atoms with Crippen LogP contribution in [0.15, 0.2) is 12.4 Å². The molecule has 2 saturated heterocycles. The number of aromatic nitrogens is 2. The molecule has 0 amide bonds. The third kappa shape index (κ3) is 1.74. The number of hydrogen-bond donors (Lipinski definition) is 1. The molecule has 5 heteroatoms. The van der Waals surface area contributed by atoms with Gasteiger partial charge in [-0.3, -0.25) is 4.90 Å². The molecule has 2 bridgehead atoms. The van der Waals surface area contributed by atoms with Crippen molar-refractivity contribution in [3.8, 4) is 0 Å². The van der Waals surface area contributed by atoms with Gasteiger partial charge in [0.25, 0.3) is 0 Å². The molecule has 0 radical (unpaired) electrons. The summed E-state index contributed by atoms with van der Waals surface area (Å²) in [5.74, 6) is 0.829. The first-order valence-electron chi connectivity index (χ1n) is 6.25. The fourth-order valence-electron chi connectivity index (χ4n) is 3.05. The second kappa shape index (κ2) is 3.84. The van der Waals surface area contributed by atoms with Crippen molar-refractivity contribution >= 4 is 11.6 Å². The van der Waals surface area contributed by atoms with Gasteiger partial charge in [0, 0.05) is 31.2 Å². The topological polar surface area (TPSA) is 58.3 Å². The summed E-state index contributed by atoms with van der Waals surface area (Å²) < 4.78 is 0. The van der Waals surface area contributed by atoms with Gasteiger partial charge in [-0.25, -0.2) is 9.97 Å². The van der Waals surface area contributed by atoms with Crippen LogP contribution in [0.4, 0.5) is 11.6 Å². The third-order valence-corrected chi connectivity index (χ3v) is 3.86. The Morgan fingerprint density at radius 1 is 1.24 bits per heavy atom. The SMILES string of the molecule is CC(C)N1C[C@H]2C[C@@H]1CN2c1ncc(N)cn1. The van der Waals surface area contributed by atoms with E-state index in [0.29, 0.717) is 23.8 Å². The van der Waals surface area contributed by atoms with E-state index in [1.807, 2.05) is 0 Å². The zero-order chi connectivity index (χ0) is 12.0. The minimum absolute atomic E-state index is 0.575. The van der Waals surface area contributed by atoms with E-state index in [2.05, 4.69) is 33.6 Å². The Labute approximate surface area is 102 Å². The average molecular weight is 233 g/mol. The monoisotopic (exact) mass is 233 g/mol. The van der Waals surface area contributed by atoms with Gasteiger partial charge in [0.1, 0.15) is 0 Å². The highest BCUT2D eigenvalue weighted by molar-refractivity contribution is 5.41. The quantitative estimate of drug-likeness (QED) is 0.816. The maximum absolute atomic E-state index is 5.61. The van der Waals surface area contributed by atoms with Crippen molar-refractivity contribution in [2.45, 2.75) is 38.4 Å². The first-order chi connectivity index (χ1) is 8.15. The highest BCUT2D eigenvalue weighted by atomic mass is 15.4. The maximum atomic E-state index is 5.61. The highest BCUT2D eigenvalue weighted by Gasteiger charge is 2.44. The molecule has 92 valence electrons. The van der Waals surface area contributed by atoms with Crippen LogP contribution in [0.5, 0.6) is 0 Å². The molecule has 2 aliphatic heterocycles. The van der Waals surface area contributed by atoms with Crippen molar-refractivity contribution in [2.75, 3.05) is 23.7 Å². The summed E-state index contributed by atoms with van der Waals surface area (Å²) in [6.45, 7) is 6.72. The first kappa shape index (κ1) is 10.8. The summed E-state index contributed by atoms with van der Waals surface area (Å²) in [5, 5.41) is 0. The molecule has 0 saturated carbocycles. The van der Waals surface area contributed by atoms with E-state index in [1.165, 1.54) is 6.42 Å². The number of fused-ring (bicyclic) bond motifs is 2. The minimum Gasteiger partial charge on any atom is -0.396 e. The standard InChI is InChI=1S/C12H19N5/c1-8(2)16-6-11-3-10(16)7-17(11)12-14-4-9(13)5-15-12/h4-5,8,10-11H,3,6-7,13H2,1-2H3/t10-,11-/m1/s1. The molecule has 2 atom stereocenters. The van der Waals surface area contributed by atoms with Gasteiger partial charge >= 0.3 is 0 Å². The number of hydrogen-bond acceptors (Lipinski definition) is 5. The fraction of sp³-hybridized carbons (Fsp3) is 0.667. The normalized spacial score (nSPS) is 28.3. The van der Waals surface area contributed by atoms with E-state index in [0.717, 1.165) is 19.0 Å². The Morgan fingerprint density at radius 3 is 2.47 bits per heavy atom. The van der Waals surface area contributed by atoms with Crippen LogP contribution in [0.25, 0.3) is 0 Å². The van der Waals surface area contributed by atoms with Gasteiger partial charge < -0.3 is 10.6 Å². The molecule has 1 aromatic heterocycles. The smallest absolute Gasteiger partial charge is 0.225 e. The number of nitrogen functional groups attached to an aromatic ring is 1. The van der Waals surface area contributed by atoms with Crippen LogP contribution in [0.3, 0.4) is 0 Å². The zero-order valence-electron chi connectivity index (χ0n) is 10.4. The average Bonchev–Trinajstić information content (AvgIpc) is 2.89.